The van der Waals surface area contributed by atoms with E-state index in [1.54, 1.807) is 36.4 Å². The Morgan fingerprint density at radius 1 is 1.29 bits per heavy atom. The van der Waals surface area contributed by atoms with E-state index in [1.807, 2.05) is 0 Å². The molecular weight excluding hydrogens is 274 g/mol. The number of methoxy groups -OCH3 is 1. The lowest BCUT2D eigenvalue weighted by molar-refractivity contribution is 0.0601. The Balaban J connectivity index is 2.28. The third kappa shape index (κ3) is 3.47. The predicted octanol–water partition coefficient (Wildman–Crippen LogP) is 1.74. The number of carbonyl (C=O) groups is 2. The number of nitrogens with two attached hydrogens (primary N) is 1. The van der Waals surface area contributed by atoms with Crippen LogP contribution in [0.25, 0.3) is 11.3 Å². The summed E-state index contributed by atoms with van der Waals surface area (Å²) in [6, 6.07) is 9.47. The molecule has 0 aliphatic rings. The molecule has 7 nitrogen and oxygen atoms in total. The van der Waals surface area contributed by atoms with Crippen LogP contribution in [0.4, 0.5) is 4.79 Å². The van der Waals surface area contributed by atoms with Crippen molar-refractivity contribution in [3.63, 3.8) is 0 Å². The highest BCUT2D eigenvalue weighted by Gasteiger charge is 2.14. The summed E-state index contributed by atoms with van der Waals surface area (Å²) in [5.74, 6) is 0.433. The fourth-order valence-electron chi connectivity index (χ4n) is 1.71. The maximum Gasteiger partial charge on any atom is 0.338 e. The molecular formula is C14H13N3O4. The van der Waals surface area contributed by atoms with Crippen LogP contribution in [0.2, 0.25) is 0 Å². The first-order valence-corrected chi connectivity index (χ1v) is 5.98. The normalized spacial score (nSPS) is 10.5. The zero-order valence-corrected chi connectivity index (χ0v) is 11.2. The number of rotatable bonds is 4. The quantitative estimate of drug-likeness (QED) is 0.507. The van der Waals surface area contributed by atoms with Crippen LogP contribution in [0.5, 0.6) is 0 Å². The van der Waals surface area contributed by atoms with E-state index >= 15 is 0 Å². The number of esters is 1. The second-order valence-electron chi connectivity index (χ2n) is 3.97. The lowest BCUT2D eigenvalue weighted by Crippen LogP contribution is -2.24. The van der Waals surface area contributed by atoms with Crippen molar-refractivity contribution >= 4 is 18.2 Å². The first kappa shape index (κ1) is 14.3. The van der Waals surface area contributed by atoms with Crippen molar-refractivity contribution in [2.24, 2.45) is 10.8 Å². The maximum atomic E-state index is 11.7. The Morgan fingerprint density at radius 2 is 2.05 bits per heavy atom. The van der Waals surface area contributed by atoms with Crippen molar-refractivity contribution in [3.8, 4) is 11.3 Å². The molecule has 108 valence electrons. The molecule has 2 amide bonds. The fraction of sp³-hybridized carbons (Fsp3) is 0.0714. The van der Waals surface area contributed by atoms with Gasteiger partial charge in [0.25, 0.3) is 0 Å². The predicted molar refractivity (Wildman–Crippen MR) is 75.8 cm³/mol. The van der Waals surface area contributed by atoms with Crippen LogP contribution in [0.1, 0.15) is 16.1 Å². The molecule has 21 heavy (non-hydrogen) atoms. The molecule has 0 aliphatic carbocycles. The first-order chi connectivity index (χ1) is 10.1. The highest BCUT2D eigenvalue weighted by Crippen LogP contribution is 2.25. The molecule has 0 atom stereocenters. The zero-order valence-electron chi connectivity index (χ0n) is 11.2. The van der Waals surface area contributed by atoms with E-state index in [-0.39, 0.29) is 0 Å². The number of ether oxygens (including phenoxy) is 1. The third-order valence-electron chi connectivity index (χ3n) is 2.59. The van der Waals surface area contributed by atoms with Gasteiger partial charge in [-0.1, -0.05) is 18.2 Å². The highest BCUT2D eigenvalue weighted by atomic mass is 16.5. The molecule has 0 radical (unpaired) electrons. The van der Waals surface area contributed by atoms with Crippen molar-refractivity contribution in [3.05, 3.63) is 47.7 Å². The molecule has 0 unspecified atom stereocenters. The van der Waals surface area contributed by atoms with Gasteiger partial charge in [0.2, 0.25) is 0 Å². The molecule has 1 heterocycles. The van der Waals surface area contributed by atoms with E-state index in [0.29, 0.717) is 22.6 Å². The van der Waals surface area contributed by atoms with Gasteiger partial charge in [-0.2, -0.15) is 5.10 Å². The Labute approximate surface area is 120 Å². The number of hydrazone groups is 1. The van der Waals surface area contributed by atoms with Gasteiger partial charge >= 0.3 is 12.0 Å². The minimum Gasteiger partial charge on any atom is -0.465 e. The van der Waals surface area contributed by atoms with E-state index in [4.69, 9.17) is 14.9 Å². The summed E-state index contributed by atoms with van der Waals surface area (Å²) in [7, 11) is 1.31. The number of urea groups is 1. The van der Waals surface area contributed by atoms with Crippen LogP contribution in [-0.4, -0.2) is 25.3 Å². The molecule has 0 aliphatic heterocycles. The average Bonchev–Trinajstić information content (AvgIpc) is 2.95. The van der Waals surface area contributed by atoms with E-state index in [9.17, 15) is 9.59 Å². The number of hydrogen-bond donors (Lipinski definition) is 2. The van der Waals surface area contributed by atoms with Crippen molar-refractivity contribution in [1.82, 2.24) is 5.43 Å². The minimum absolute atomic E-state index is 0.396. The smallest absolute Gasteiger partial charge is 0.338 e. The Kier molecular flexibility index (Phi) is 4.35. The van der Waals surface area contributed by atoms with Gasteiger partial charge < -0.3 is 14.9 Å². The number of nitrogens with one attached hydrogen (secondary N) is 1. The Bertz CT molecular complexity index is 691. The van der Waals surface area contributed by atoms with Gasteiger partial charge in [-0.05, 0) is 18.2 Å². The second-order valence-corrected chi connectivity index (χ2v) is 3.97. The molecule has 2 aromatic rings. The Morgan fingerprint density at radius 3 is 2.76 bits per heavy atom. The van der Waals surface area contributed by atoms with Crippen LogP contribution in [0, 0.1) is 0 Å². The number of hydrogen-bond acceptors (Lipinski definition) is 5. The summed E-state index contributed by atoms with van der Waals surface area (Å²) in [6.45, 7) is 0. The largest absolute Gasteiger partial charge is 0.465 e. The standard InChI is InChI=1S/C14H13N3O4/c1-20-13(18)11-5-3-2-4-10(11)12-7-6-9(21-12)8-16-17-14(15)19/h2-8H,1H3,(H3,15,17,19). The van der Waals surface area contributed by atoms with Gasteiger partial charge in [0, 0.05) is 5.56 Å². The fourth-order valence-corrected chi connectivity index (χ4v) is 1.71. The van der Waals surface area contributed by atoms with E-state index < -0.39 is 12.0 Å². The number of furan rings is 1. The van der Waals surface area contributed by atoms with Crippen molar-refractivity contribution in [2.45, 2.75) is 0 Å². The van der Waals surface area contributed by atoms with Crippen molar-refractivity contribution < 1.29 is 18.7 Å². The zero-order chi connectivity index (χ0) is 15.2. The summed E-state index contributed by atoms with van der Waals surface area (Å²) in [4.78, 5) is 22.2. The average molecular weight is 287 g/mol. The number of amides is 2. The topological polar surface area (TPSA) is 107 Å². The van der Waals surface area contributed by atoms with E-state index in [1.165, 1.54) is 13.3 Å². The van der Waals surface area contributed by atoms with Gasteiger partial charge in [-0.25, -0.2) is 15.0 Å². The third-order valence-corrected chi connectivity index (χ3v) is 2.59. The maximum absolute atomic E-state index is 11.7. The van der Waals surface area contributed by atoms with Crippen LogP contribution in [0.15, 0.2) is 45.9 Å². The van der Waals surface area contributed by atoms with Gasteiger partial charge in [0.15, 0.2) is 0 Å². The molecule has 0 spiro atoms. The molecule has 3 N–H and O–H groups in total. The van der Waals surface area contributed by atoms with Gasteiger partial charge in [-0.15, -0.1) is 0 Å². The van der Waals surface area contributed by atoms with Crippen LogP contribution >= 0.6 is 0 Å². The van der Waals surface area contributed by atoms with Crippen molar-refractivity contribution in [1.29, 1.82) is 0 Å². The summed E-state index contributed by atoms with van der Waals surface area (Å²) in [6.07, 6.45) is 1.30. The van der Waals surface area contributed by atoms with E-state index in [0.717, 1.165) is 0 Å². The van der Waals surface area contributed by atoms with Crippen LogP contribution in [-0.2, 0) is 4.74 Å². The highest BCUT2D eigenvalue weighted by molar-refractivity contribution is 5.96. The summed E-state index contributed by atoms with van der Waals surface area (Å²) in [5, 5.41) is 3.59. The van der Waals surface area contributed by atoms with Crippen LogP contribution < -0.4 is 11.2 Å². The number of carbonyl (C=O) groups excluding carboxylic acids is 2. The van der Waals surface area contributed by atoms with Gasteiger partial charge in [0.05, 0.1) is 18.9 Å². The second kappa shape index (κ2) is 6.38. The summed E-state index contributed by atoms with van der Waals surface area (Å²) < 4.78 is 10.3. The van der Waals surface area contributed by atoms with Crippen molar-refractivity contribution in [2.75, 3.05) is 7.11 Å². The number of primary amides is 1. The lowest BCUT2D eigenvalue weighted by Gasteiger charge is -2.04. The SMILES string of the molecule is COC(=O)c1ccccc1-c1ccc(C=NNC(N)=O)o1. The summed E-state index contributed by atoms with van der Waals surface area (Å²) >= 11 is 0. The minimum atomic E-state index is -0.769. The number of benzene rings is 1. The lowest BCUT2D eigenvalue weighted by atomic mass is 10.1. The molecule has 0 saturated carbocycles. The van der Waals surface area contributed by atoms with Gasteiger partial charge in [0.1, 0.15) is 11.5 Å². The van der Waals surface area contributed by atoms with E-state index in [2.05, 4.69) is 10.5 Å². The molecule has 1 aromatic carbocycles. The molecule has 2 rings (SSSR count). The molecule has 0 bridgehead atoms. The molecule has 0 saturated heterocycles. The number of nitrogens with zero attached hydrogens (tertiary/aromatic N) is 1. The molecule has 0 fully saturated rings. The molecule has 7 heteroatoms. The monoisotopic (exact) mass is 287 g/mol. The Hall–Kier alpha value is -3.09. The van der Waals surface area contributed by atoms with Crippen LogP contribution in [0.3, 0.4) is 0 Å². The molecule has 1 aromatic heterocycles. The summed E-state index contributed by atoms with van der Waals surface area (Å²) in [5.41, 5.74) is 7.93. The van der Waals surface area contributed by atoms with Gasteiger partial charge in [-0.3, -0.25) is 0 Å². The first-order valence-electron chi connectivity index (χ1n) is 5.98.